The summed E-state index contributed by atoms with van der Waals surface area (Å²) >= 11 is 0. The Kier molecular flexibility index (Phi) is 9.08. The first-order valence-corrected chi connectivity index (χ1v) is 13.1. The number of hydrogen-bond donors (Lipinski definition) is 0. The van der Waals surface area contributed by atoms with E-state index < -0.39 is 19.7 Å². The molecule has 176 valence electrons. The fourth-order valence-electron chi connectivity index (χ4n) is 4.59. The Labute approximate surface area is 191 Å². The second-order valence-corrected chi connectivity index (χ2v) is 14.4. The lowest BCUT2D eigenvalue weighted by molar-refractivity contribution is 0.0414. The molecule has 0 atom stereocenters. The summed E-state index contributed by atoms with van der Waals surface area (Å²) in [5, 5.41) is 0.830. The first-order valence-electron chi connectivity index (χ1n) is 10.8. The highest BCUT2D eigenvalue weighted by molar-refractivity contribution is 6.90. The Morgan fingerprint density at radius 1 is 0.875 bits per heavy atom. The van der Waals surface area contributed by atoms with Gasteiger partial charge >= 0.3 is 0 Å². The molecular weight excluding hydrogens is 430 g/mol. The monoisotopic (exact) mass is 464 g/mol. The molecule has 0 saturated heterocycles. The van der Waals surface area contributed by atoms with Crippen LogP contribution in [-0.2, 0) is 9.47 Å². The predicted molar refractivity (Wildman–Crippen MR) is 127 cm³/mol. The Morgan fingerprint density at radius 2 is 1.44 bits per heavy atom. The van der Waals surface area contributed by atoms with E-state index in [1.54, 1.807) is 6.07 Å². The molecule has 0 aliphatic rings. The largest absolute Gasteiger partial charge is 0.464 e. The molecular formula is C25H34F2O4Si. The molecule has 0 heterocycles. The van der Waals surface area contributed by atoms with E-state index in [-0.39, 0.29) is 36.0 Å². The fourth-order valence-corrected chi connectivity index (χ4v) is 9.80. The highest BCUT2D eigenvalue weighted by atomic mass is 28.3. The maximum absolute atomic E-state index is 15.3. The second kappa shape index (κ2) is 11.1. The number of ether oxygens (including phenoxy) is 4. The Bertz CT molecular complexity index is 971. The van der Waals surface area contributed by atoms with Crippen molar-refractivity contribution < 1.29 is 27.7 Å². The number of rotatable bonds is 9. The van der Waals surface area contributed by atoms with E-state index in [0.29, 0.717) is 22.0 Å². The predicted octanol–water partition coefficient (Wildman–Crippen LogP) is 6.65. The lowest BCUT2D eigenvalue weighted by Gasteiger charge is -2.38. The van der Waals surface area contributed by atoms with Gasteiger partial charge in [0.2, 0.25) is 5.82 Å². The van der Waals surface area contributed by atoms with E-state index in [0.717, 1.165) is 0 Å². The van der Waals surface area contributed by atoms with Gasteiger partial charge in [-0.1, -0.05) is 53.5 Å². The third-order valence-corrected chi connectivity index (χ3v) is 12.3. The molecule has 2 rings (SSSR count). The van der Waals surface area contributed by atoms with Gasteiger partial charge in [-0.3, -0.25) is 0 Å². The number of methoxy groups -OCH3 is 2. The topological polar surface area (TPSA) is 36.9 Å². The second-order valence-electron chi connectivity index (χ2n) is 8.79. The van der Waals surface area contributed by atoms with Gasteiger partial charge in [0.1, 0.15) is 13.9 Å². The molecule has 0 saturated carbocycles. The van der Waals surface area contributed by atoms with E-state index in [1.807, 2.05) is 0 Å². The first-order chi connectivity index (χ1) is 15.1. The van der Waals surface area contributed by atoms with Gasteiger partial charge in [-0.25, -0.2) is 4.39 Å². The normalized spacial score (nSPS) is 11.9. The Hall–Kier alpha value is -2.14. The molecule has 0 unspecified atom stereocenters. The van der Waals surface area contributed by atoms with Crippen molar-refractivity contribution in [3.8, 4) is 23.0 Å². The Morgan fingerprint density at radius 3 is 1.97 bits per heavy atom. The van der Waals surface area contributed by atoms with E-state index >= 15 is 8.78 Å². The lowest BCUT2D eigenvalue weighted by Crippen LogP contribution is -2.43. The molecule has 0 amide bonds. The van der Waals surface area contributed by atoms with Crippen molar-refractivity contribution in [2.75, 3.05) is 27.8 Å². The minimum Gasteiger partial charge on any atom is -0.464 e. The third-order valence-electron chi connectivity index (χ3n) is 6.04. The van der Waals surface area contributed by atoms with Crippen LogP contribution in [0.2, 0.25) is 16.6 Å². The molecule has 0 aromatic heterocycles. The molecule has 0 N–H and O–H groups in total. The molecule has 0 bridgehead atoms. The molecule has 0 aliphatic heterocycles. The average molecular weight is 465 g/mol. The maximum Gasteiger partial charge on any atom is 0.207 e. The quantitative estimate of drug-likeness (QED) is 0.236. The zero-order valence-corrected chi connectivity index (χ0v) is 21.3. The molecule has 0 fully saturated rings. The van der Waals surface area contributed by atoms with Crippen LogP contribution in [0.25, 0.3) is 10.8 Å². The average Bonchev–Trinajstić information content (AvgIpc) is 2.72. The summed E-state index contributed by atoms with van der Waals surface area (Å²) in [7, 11) is 0.740. The molecule has 4 nitrogen and oxygen atoms in total. The molecule has 0 spiro atoms. The van der Waals surface area contributed by atoms with Crippen molar-refractivity contribution in [2.45, 2.75) is 58.2 Å². The van der Waals surface area contributed by atoms with Crippen LogP contribution in [0.15, 0.2) is 18.2 Å². The van der Waals surface area contributed by atoms with Crippen molar-refractivity contribution >= 4 is 18.8 Å². The van der Waals surface area contributed by atoms with Crippen molar-refractivity contribution in [1.29, 1.82) is 0 Å². The molecule has 2 aromatic rings. The highest BCUT2D eigenvalue weighted by Crippen LogP contribution is 2.42. The smallest absolute Gasteiger partial charge is 0.207 e. The number of fused-ring (bicyclic) bond motifs is 1. The summed E-state index contributed by atoms with van der Waals surface area (Å²) < 4.78 is 51.1. The molecule has 32 heavy (non-hydrogen) atoms. The van der Waals surface area contributed by atoms with E-state index in [4.69, 9.17) is 18.9 Å². The lowest BCUT2D eigenvalue weighted by atomic mass is 10.0. The summed E-state index contributed by atoms with van der Waals surface area (Å²) in [6.07, 6.45) is 0. The summed E-state index contributed by atoms with van der Waals surface area (Å²) in [6.45, 7) is 12.8. The number of hydrogen-bond acceptors (Lipinski definition) is 4. The van der Waals surface area contributed by atoms with Gasteiger partial charge in [0.05, 0.1) is 5.56 Å². The van der Waals surface area contributed by atoms with Crippen LogP contribution in [0.3, 0.4) is 0 Å². The van der Waals surface area contributed by atoms with Crippen molar-refractivity contribution in [2.24, 2.45) is 0 Å². The summed E-state index contributed by atoms with van der Waals surface area (Å²) in [5.41, 5.74) is 4.78. The van der Waals surface area contributed by atoms with Crippen LogP contribution in [-0.4, -0.2) is 35.9 Å². The Balaban J connectivity index is 2.84. The van der Waals surface area contributed by atoms with E-state index in [2.05, 4.69) is 53.0 Å². The minimum absolute atomic E-state index is 0.0498. The molecule has 2 aromatic carbocycles. The van der Waals surface area contributed by atoms with Crippen molar-refractivity contribution in [3.05, 3.63) is 35.4 Å². The SMILES string of the molecule is COCOc1cc2ccc(F)c(C#C[Si](C(C)C)(C(C)C)C(C)C)c2c(OCOC)c1F. The van der Waals surface area contributed by atoms with Crippen LogP contribution in [0.4, 0.5) is 8.78 Å². The molecule has 0 radical (unpaired) electrons. The fraction of sp³-hybridized carbons (Fsp3) is 0.520. The number of halogens is 2. The zero-order valence-electron chi connectivity index (χ0n) is 20.3. The first kappa shape index (κ1) is 26.1. The van der Waals surface area contributed by atoms with Gasteiger partial charge in [0.15, 0.2) is 25.1 Å². The van der Waals surface area contributed by atoms with Gasteiger partial charge in [-0.2, -0.15) is 4.39 Å². The van der Waals surface area contributed by atoms with Gasteiger partial charge in [0.25, 0.3) is 0 Å². The highest BCUT2D eigenvalue weighted by Gasteiger charge is 2.41. The maximum atomic E-state index is 15.3. The van der Waals surface area contributed by atoms with Crippen molar-refractivity contribution in [3.63, 3.8) is 0 Å². The van der Waals surface area contributed by atoms with Crippen LogP contribution in [0.1, 0.15) is 47.1 Å². The van der Waals surface area contributed by atoms with Crippen molar-refractivity contribution in [1.82, 2.24) is 0 Å². The summed E-state index contributed by atoms with van der Waals surface area (Å²) in [5.74, 6) is 1.67. The standard InChI is InChI=1S/C25H34F2O4Si/c1-16(2)32(17(3)4,18(5)6)12-11-20-21(26)10-9-19-13-22(30-14-28-7)24(27)25(23(19)20)31-15-29-8/h9-10,13,16-18H,14-15H2,1-8H3. The van der Waals surface area contributed by atoms with Crippen LogP contribution < -0.4 is 9.47 Å². The van der Waals surface area contributed by atoms with Gasteiger partial charge in [-0.15, -0.1) is 5.54 Å². The minimum atomic E-state index is -2.13. The molecule has 7 heteroatoms. The van der Waals surface area contributed by atoms with E-state index in [9.17, 15) is 0 Å². The van der Waals surface area contributed by atoms with Gasteiger partial charge < -0.3 is 18.9 Å². The van der Waals surface area contributed by atoms with Gasteiger partial charge in [-0.05, 0) is 34.1 Å². The molecule has 0 aliphatic carbocycles. The summed E-state index contributed by atoms with van der Waals surface area (Å²) in [4.78, 5) is 0. The van der Waals surface area contributed by atoms with Crippen LogP contribution >= 0.6 is 0 Å². The van der Waals surface area contributed by atoms with Gasteiger partial charge in [0, 0.05) is 19.6 Å². The zero-order chi connectivity index (χ0) is 24.1. The number of benzene rings is 2. The summed E-state index contributed by atoms with van der Waals surface area (Å²) in [6, 6.07) is 4.41. The third kappa shape index (κ3) is 5.09. The van der Waals surface area contributed by atoms with Crippen LogP contribution in [0.5, 0.6) is 11.5 Å². The van der Waals surface area contributed by atoms with E-state index in [1.165, 1.54) is 26.4 Å². The van der Waals surface area contributed by atoms with Crippen LogP contribution in [0, 0.1) is 23.1 Å².